The monoisotopic (exact) mass is 254 g/mol. The average molecular weight is 254 g/mol. The molecule has 0 amide bonds. The minimum Gasteiger partial charge on any atom is -0.370 e. The molecule has 0 spiro atoms. The molecule has 0 unspecified atom stereocenters. The van der Waals surface area contributed by atoms with Crippen molar-refractivity contribution in [3.05, 3.63) is 16.0 Å². The maximum atomic E-state index is 11.3. The van der Waals surface area contributed by atoms with E-state index in [0.717, 1.165) is 45.8 Å². The third-order valence-corrected chi connectivity index (χ3v) is 3.06. The molecule has 2 rings (SSSR count). The number of nitrogens with zero attached hydrogens (tertiary/aromatic N) is 2. The summed E-state index contributed by atoms with van der Waals surface area (Å²) in [6, 6.07) is 0. The second kappa shape index (κ2) is 6.46. The van der Waals surface area contributed by atoms with E-state index in [2.05, 4.69) is 20.5 Å². The predicted molar refractivity (Wildman–Crippen MR) is 66.9 cm³/mol. The zero-order chi connectivity index (χ0) is 12.8. The van der Waals surface area contributed by atoms with Crippen LogP contribution in [0.2, 0.25) is 0 Å². The van der Waals surface area contributed by atoms with E-state index in [1.54, 1.807) is 11.8 Å². The first kappa shape index (κ1) is 13.0. The highest BCUT2D eigenvalue weighted by atomic mass is 16.5. The number of aromatic nitrogens is 3. The minimum atomic E-state index is -0.189. The molecule has 1 saturated heterocycles. The van der Waals surface area contributed by atoms with Gasteiger partial charge in [0.1, 0.15) is 18.8 Å². The first-order chi connectivity index (χ1) is 8.75. The van der Waals surface area contributed by atoms with Gasteiger partial charge in [-0.05, 0) is 6.92 Å². The summed E-state index contributed by atoms with van der Waals surface area (Å²) in [5.41, 5.74) is 0.199. The van der Waals surface area contributed by atoms with Gasteiger partial charge in [-0.3, -0.25) is 9.78 Å². The van der Waals surface area contributed by atoms with E-state index in [0.29, 0.717) is 11.6 Å². The average Bonchev–Trinajstić information content (AvgIpc) is 2.40. The van der Waals surface area contributed by atoms with E-state index in [4.69, 9.17) is 4.74 Å². The number of aryl methyl sites for hydroxylation is 1. The zero-order valence-electron chi connectivity index (χ0n) is 10.7. The second-order valence-electron chi connectivity index (χ2n) is 4.48. The number of nitrogens with one attached hydrogen (secondary N) is 3. The van der Waals surface area contributed by atoms with Gasteiger partial charge in [-0.1, -0.05) is 0 Å². The van der Waals surface area contributed by atoms with E-state index in [-0.39, 0.29) is 5.56 Å². The van der Waals surface area contributed by atoms with Crippen LogP contribution in [0.25, 0.3) is 0 Å². The molecule has 1 aliphatic heterocycles. The quantitative estimate of drug-likeness (QED) is 0.539. The van der Waals surface area contributed by atoms with Crippen LogP contribution >= 0.6 is 0 Å². The van der Waals surface area contributed by atoms with Crippen molar-refractivity contribution in [2.75, 3.05) is 44.7 Å². The maximum absolute atomic E-state index is 11.3. The molecule has 2 heterocycles. The summed E-state index contributed by atoms with van der Waals surface area (Å²) in [5, 5.41) is 10.7. The Bertz CT molecular complexity index is 428. The maximum Gasteiger partial charge on any atom is 0.273 e. The lowest BCUT2D eigenvalue weighted by Crippen LogP contribution is -3.14. The van der Waals surface area contributed by atoms with Gasteiger partial charge in [0.15, 0.2) is 0 Å². The number of aromatic amines is 1. The summed E-state index contributed by atoms with van der Waals surface area (Å²) >= 11 is 0. The molecular formula is C11H20N5O2+. The van der Waals surface area contributed by atoms with Crippen LogP contribution in [0.15, 0.2) is 4.79 Å². The fraction of sp³-hybridized carbons (Fsp3) is 0.727. The Kier molecular flexibility index (Phi) is 4.66. The summed E-state index contributed by atoms with van der Waals surface area (Å²) in [6.07, 6.45) is 1.03. The van der Waals surface area contributed by atoms with Crippen molar-refractivity contribution >= 4 is 5.95 Å². The SMILES string of the molecule is Cc1nnc(NCCC[NH+]2CCOCC2)[nH]c1=O. The molecule has 1 aliphatic rings. The van der Waals surface area contributed by atoms with Gasteiger partial charge in [0.25, 0.3) is 5.56 Å². The fourth-order valence-corrected chi connectivity index (χ4v) is 1.93. The number of hydrogen-bond acceptors (Lipinski definition) is 5. The van der Waals surface area contributed by atoms with Crippen molar-refractivity contribution in [2.45, 2.75) is 13.3 Å². The number of quaternary nitrogens is 1. The normalized spacial score (nSPS) is 16.7. The predicted octanol–water partition coefficient (Wildman–Crippen LogP) is -1.81. The van der Waals surface area contributed by atoms with Crippen molar-refractivity contribution in [1.82, 2.24) is 15.2 Å². The van der Waals surface area contributed by atoms with Gasteiger partial charge in [-0.2, -0.15) is 0 Å². The molecule has 7 nitrogen and oxygen atoms in total. The molecule has 0 aromatic carbocycles. The number of ether oxygens (including phenoxy) is 1. The molecule has 18 heavy (non-hydrogen) atoms. The number of hydrogen-bond donors (Lipinski definition) is 3. The molecule has 0 atom stereocenters. The molecule has 100 valence electrons. The van der Waals surface area contributed by atoms with Gasteiger partial charge in [-0.25, -0.2) is 0 Å². The number of morpholine rings is 1. The Morgan fingerprint density at radius 1 is 1.39 bits per heavy atom. The molecule has 0 bridgehead atoms. The Morgan fingerprint density at radius 2 is 2.17 bits per heavy atom. The topological polar surface area (TPSA) is 84.3 Å². The van der Waals surface area contributed by atoms with Crippen LogP contribution in [0.1, 0.15) is 12.1 Å². The summed E-state index contributed by atoms with van der Waals surface area (Å²) < 4.78 is 5.31. The Labute approximate surface area is 106 Å². The molecule has 1 aromatic heterocycles. The molecule has 3 N–H and O–H groups in total. The lowest BCUT2D eigenvalue weighted by atomic mass is 10.3. The van der Waals surface area contributed by atoms with Crippen LogP contribution in [0.4, 0.5) is 5.95 Å². The molecular weight excluding hydrogens is 234 g/mol. The summed E-state index contributed by atoms with van der Waals surface area (Å²) in [7, 11) is 0. The van der Waals surface area contributed by atoms with Crippen molar-refractivity contribution in [2.24, 2.45) is 0 Å². The van der Waals surface area contributed by atoms with Crippen LogP contribution in [0, 0.1) is 6.92 Å². The first-order valence-corrected chi connectivity index (χ1v) is 6.34. The van der Waals surface area contributed by atoms with Gasteiger partial charge < -0.3 is 15.0 Å². The smallest absolute Gasteiger partial charge is 0.273 e. The largest absolute Gasteiger partial charge is 0.370 e. The third kappa shape index (κ3) is 3.78. The summed E-state index contributed by atoms with van der Waals surface area (Å²) in [4.78, 5) is 15.5. The molecule has 1 fully saturated rings. The van der Waals surface area contributed by atoms with Crippen molar-refractivity contribution < 1.29 is 9.64 Å². The highest BCUT2D eigenvalue weighted by Crippen LogP contribution is 1.90. The molecule has 0 saturated carbocycles. The highest BCUT2D eigenvalue weighted by Gasteiger charge is 2.12. The van der Waals surface area contributed by atoms with Gasteiger partial charge in [0, 0.05) is 13.0 Å². The van der Waals surface area contributed by atoms with E-state index < -0.39 is 0 Å². The third-order valence-electron chi connectivity index (χ3n) is 3.06. The minimum absolute atomic E-state index is 0.189. The van der Waals surface area contributed by atoms with Crippen molar-refractivity contribution in [3.63, 3.8) is 0 Å². The summed E-state index contributed by atoms with van der Waals surface area (Å²) in [6.45, 7) is 7.43. The Balaban J connectivity index is 1.68. The summed E-state index contributed by atoms with van der Waals surface area (Å²) in [5.74, 6) is 0.447. The van der Waals surface area contributed by atoms with Gasteiger partial charge >= 0.3 is 0 Å². The van der Waals surface area contributed by atoms with Crippen molar-refractivity contribution in [3.8, 4) is 0 Å². The number of anilines is 1. The molecule has 0 radical (unpaired) electrons. The van der Waals surface area contributed by atoms with Crippen LogP contribution in [0.3, 0.4) is 0 Å². The lowest BCUT2D eigenvalue weighted by molar-refractivity contribution is -0.908. The number of H-pyrrole nitrogens is 1. The van der Waals surface area contributed by atoms with Crippen LogP contribution < -0.4 is 15.8 Å². The fourth-order valence-electron chi connectivity index (χ4n) is 1.93. The molecule has 7 heteroatoms. The van der Waals surface area contributed by atoms with Crippen LogP contribution in [-0.4, -0.2) is 54.6 Å². The first-order valence-electron chi connectivity index (χ1n) is 6.34. The molecule has 0 aliphatic carbocycles. The van der Waals surface area contributed by atoms with E-state index >= 15 is 0 Å². The lowest BCUT2D eigenvalue weighted by Gasteiger charge is -2.23. The standard InChI is InChI=1S/C11H19N5O2/c1-9-10(17)13-11(15-14-9)12-3-2-4-16-5-7-18-8-6-16/h2-8H2,1H3,(H2,12,13,15,17)/p+1. The van der Waals surface area contributed by atoms with Crippen molar-refractivity contribution in [1.29, 1.82) is 0 Å². The van der Waals surface area contributed by atoms with Crippen LogP contribution in [-0.2, 0) is 4.74 Å². The van der Waals surface area contributed by atoms with Gasteiger partial charge in [0.2, 0.25) is 5.95 Å². The van der Waals surface area contributed by atoms with Gasteiger partial charge in [-0.15, -0.1) is 10.2 Å². The molecule has 1 aromatic rings. The Morgan fingerprint density at radius 3 is 2.89 bits per heavy atom. The zero-order valence-corrected chi connectivity index (χ0v) is 10.7. The highest BCUT2D eigenvalue weighted by molar-refractivity contribution is 5.20. The van der Waals surface area contributed by atoms with Crippen LogP contribution in [0.5, 0.6) is 0 Å². The van der Waals surface area contributed by atoms with E-state index in [1.807, 2.05) is 0 Å². The van der Waals surface area contributed by atoms with E-state index in [1.165, 1.54) is 0 Å². The van der Waals surface area contributed by atoms with Gasteiger partial charge in [0.05, 0.1) is 19.8 Å². The Hall–Kier alpha value is -1.47. The van der Waals surface area contributed by atoms with E-state index in [9.17, 15) is 4.79 Å². The number of rotatable bonds is 5. The second-order valence-corrected chi connectivity index (χ2v) is 4.48.